The molecule has 1 amide bonds. The van der Waals surface area contributed by atoms with Crippen LogP contribution in [0.4, 0.5) is 10.1 Å². The Morgan fingerprint density at radius 2 is 1.39 bits per heavy atom. The van der Waals surface area contributed by atoms with Crippen LogP contribution in [0.5, 0.6) is 11.5 Å². The molecule has 7 heteroatoms. The van der Waals surface area contributed by atoms with E-state index < -0.39 is 0 Å². The average Bonchev–Trinajstić information content (AvgIpc) is 3.08. The third-order valence-electron chi connectivity index (χ3n) is 9.20. The highest BCUT2D eigenvalue weighted by Crippen LogP contribution is 2.42. The fourth-order valence-electron chi connectivity index (χ4n) is 6.80. The van der Waals surface area contributed by atoms with Crippen LogP contribution >= 0.6 is 0 Å². The number of carbonyl (C=O) groups excluding carboxylic acids is 1. The van der Waals surface area contributed by atoms with Gasteiger partial charge in [-0.15, -0.1) is 0 Å². The summed E-state index contributed by atoms with van der Waals surface area (Å²) >= 11 is 0. The van der Waals surface area contributed by atoms with Crippen LogP contribution in [0.1, 0.15) is 39.9 Å². The van der Waals surface area contributed by atoms with Gasteiger partial charge in [0.05, 0.1) is 14.2 Å². The number of piperidine rings is 1. The number of hydrogen-bond donors (Lipinski definition) is 0. The number of halogens is 1. The summed E-state index contributed by atoms with van der Waals surface area (Å²) < 4.78 is 24.3. The number of anilines is 1. The van der Waals surface area contributed by atoms with E-state index >= 15 is 0 Å². The molecule has 2 heterocycles. The van der Waals surface area contributed by atoms with E-state index in [-0.39, 0.29) is 17.1 Å². The van der Waals surface area contributed by atoms with E-state index in [0.29, 0.717) is 13.1 Å². The van der Waals surface area contributed by atoms with Crippen LogP contribution in [0.3, 0.4) is 0 Å². The molecule has 0 spiro atoms. The van der Waals surface area contributed by atoms with Crippen LogP contribution in [0, 0.1) is 5.82 Å². The Hall–Kier alpha value is -4.36. The third kappa shape index (κ3) is 6.29. The topological polar surface area (TPSA) is 45.3 Å². The van der Waals surface area contributed by atoms with Gasteiger partial charge in [0.2, 0.25) is 0 Å². The number of benzene rings is 4. The zero-order valence-corrected chi connectivity index (χ0v) is 25.5. The number of carbonyl (C=O) groups is 1. The van der Waals surface area contributed by atoms with Gasteiger partial charge in [-0.25, -0.2) is 4.39 Å². The number of nitrogens with zero attached hydrogens (tertiary/aromatic N) is 3. The lowest BCUT2D eigenvalue weighted by Gasteiger charge is -2.44. The van der Waals surface area contributed by atoms with Gasteiger partial charge in [0, 0.05) is 55.9 Å². The van der Waals surface area contributed by atoms with Gasteiger partial charge in [-0.05, 0) is 96.7 Å². The van der Waals surface area contributed by atoms with Crippen molar-refractivity contribution in [3.63, 3.8) is 0 Å². The molecule has 0 aromatic heterocycles. The molecule has 4 aromatic carbocycles. The van der Waals surface area contributed by atoms with Gasteiger partial charge in [-0.2, -0.15) is 0 Å². The Kier molecular flexibility index (Phi) is 8.84. The van der Waals surface area contributed by atoms with E-state index in [1.54, 1.807) is 26.4 Å². The molecule has 0 radical (unpaired) electrons. The molecule has 0 bridgehead atoms. The smallest absolute Gasteiger partial charge is 0.253 e. The molecule has 0 unspecified atom stereocenters. The maximum absolute atomic E-state index is 13.5. The van der Waals surface area contributed by atoms with Crippen LogP contribution < -0.4 is 14.4 Å². The number of ether oxygens (including phenoxy) is 2. The Labute approximate surface area is 259 Å². The fourth-order valence-corrected chi connectivity index (χ4v) is 6.80. The molecule has 0 saturated carbocycles. The molecule has 2 saturated heterocycles. The number of piperazine rings is 1. The maximum Gasteiger partial charge on any atom is 0.253 e. The van der Waals surface area contributed by atoms with Crippen molar-refractivity contribution in [3.8, 4) is 11.5 Å². The zero-order valence-electron chi connectivity index (χ0n) is 25.5. The summed E-state index contributed by atoms with van der Waals surface area (Å²) in [5.41, 5.74) is 5.23. The number of rotatable bonds is 8. The largest absolute Gasteiger partial charge is 0.497 e. The van der Waals surface area contributed by atoms with Crippen molar-refractivity contribution in [2.45, 2.75) is 24.8 Å². The first-order valence-corrected chi connectivity index (χ1v) is 15.4. The Morgan fingerprint density at radius 1 is 0.773 bits per heavy atom. The van der Waals surface area contributed by atoms with Crippen molar-refractivity contribution in [3.05, 3.63) is 125 Å². The van der Waals surface area contributed by atoms with Gasteiger partial charge >= 0.3 is 0 Å². The number of likely N-dealkylation sites (tertiary alicyclic amines) is 1. The highest BCUT2D eigenvalue weighted by Gasteiger charge is 2.39. The molecule has 2 aliphatic heterocycles. The highest BCUT2D eigenvalue weighted by atomic mass is 19.1. The molecule has 6 rings (SSSR count). The van der Waals surface area contributed by atoms with E-state index in [1.807, 2.05) is 41.3 Å². The fraction of sp³-hybridized carbons (Fsp3) is 0.324. The SMILES string of the molecule is COc1ccc(C2(c3ccc(OC)cc3)CCCN(Cc3cccc(C(=O)N4CCN(c5ccc(F)cc5)CC4)c3)C2)cc1. The van der Waals surface area contributed by atoms with Gasteiger partial charge in [0.25, 0.3) is 5.91 Å². The third-order valence-corrected chi connectivity index (χ3v) is 9.20. The summed E-state index contributed by atoms with van der Waals surface area (Å²) in [6, 6.07) is 31.7. The normalized spacial score (nSPS) is 16.9. The van der Waals surface area contributed by atoms with Crippen LogP contribution in [0.15, 0.2) is 97.1 Å². The van der Waals surface area contributed by atoms with Crippen LogP contribution in [-0.4, -0.2) is 69.2 Å². The lowest BCUT2D eigenvalue weighted by Crippen LogP contribution is -2.48. The molecule has 6 nitrogen and oxygen atoms in total. The Balaban J connectivity index is 1.17. The van der Waals surface area contributed by atoms with Crippen molar-refractivity contribution in [2.24, 2.45) is 0 Å². The van der Waals surface area contributed by atoms with Gasteiger partial charge in [-0.3, -0.25) is 9.69 Å². The Bertz CT molecular complexity index is 1500. The number of hydrogen-bond acceptors (Lipinski definition) is 5. The zero-order chi connectivity index (χ0) is 30.5. The highest BCUT2D eigenvalue weighted by molar-refractivity contribution is 5.94. The van der Waals surface area contributed by atoms with E-state index in [2.05, 4.69) is 46.2 Å². The lowest BCUT2D eigenvalue weighted by molar-refractivity contribution is 0.0746. The summed E-state index contributed by atoms with van der Waals surface area (Å²) in [4.78, 5) is 20.2. The monoisotopic (exact) mass is 593 g/mol. The molecule has 4 aromatic rings. The molecule has 44 heavy (non-hydrogen) atoms. The first kappa shape index (κ1) is 29.7. The van der Waals surface area contributed by atoms with Crippen LogP contribution in [0.25, 0.3) is 0 Å². The van der Waals surface area contributed by atoms with E-state index in [0.717, 1.165) is 73.9 Å². The predicted molar refractivity (Wildman–Crippen MR) is 172 cm³/mol. The van der Waals surface area contributed by atoms with Crippen molar-refractivity contribution >= 4 is 11.6 Å². The molecule has 0 aliphatic carbocycles. The van der Waals surface area contributed by atoms with Crippen molar-refractivity contribution in [2.75, 3.05) is 58.4 Å². The number of methoxy groups -OCH3 is 2. The first-order chi connectivity index (χ1) is 21.5. The van der Waals surface area contributed by atoms with Crippen LogP contribution in [-0.2, 0) is 12.0 Å². The summed E-state index contributed by atoms with van der Waals surface area (Å²) in [5, 5.41) is 0. The minimum atomic E-state index is -0.237. The first-order valence-electron chi connectivity index (χ1n) is 15.4. The molecule has 2 aliphatic rings. The number of amides is 1. The summed E-state index contributed by atoms with van der Waals surface area (Å²) in [6.07, 6.45) is 2.11. The molecule has 228 valence electrons. The van der Waals surface area contributed by atoms with Gasteiger partial charge < -0.3 is 19.3 Å². The average molecular weight is 594 g/mol. The molecule has 0 atom stereocenters. The second-order valence-corrected chi connectivity index (χ2v) is 11.8. The van der Waals surface area contributed by atoms with E-state index in [4.69, 9.17) is 9.47 Å². The second kappa shape index (κ2) is 13.1. The molecular formula is C37H40FN3O3. The lowest BCUT2D eigenvalue weighted by atomic mass is 9.69. The minimum absolute atomic E-state index is 0.0649. The summed E-state index contributed by atoms with van der Waals surface area (Å²) in [6.45, 7) is 5.37. The van der Waals surface area contributed by atoms with Gasteiger partial charge in [0.1, 0.15) is 17.3 Å². The van der Waals surface area contributed by atoms with Gasteiger partial charge in [0.15, 0.2) is 0 Å². The molecular weight excluding hydrogens is 553 g/mol. The van der Waals surface area contributed by atoms with Crippen molar-refractivity contribution in [1.82, 2.24) is 9.80 Å². The van der Waals surface area contributed by atoms with E-state index in [9.17, 15) is 9.18 Å². The second-order valence-electron chi connectivity index (χ2n) is 11.8. The van der Waals surface area contributed by atoms with Gasteiger partial charge in [-0.1, -0.05) is 36.4 Å². The van der Waals surface area contributed by atoms with Crippen molar-refractivity contribution in [1.29, 1.82) is 0 Å². The Morgan fingerprint density at radius 3 is 1.98 bits per heavy atom. The maximum atomic E-state index is 13.5. The summed E-state index contributed by atoms with van der Waals surface area (Å²) in [5.74, 6) is 1.53. The van der Waals surface area contributed by atoms with Crippen molar-refractivity contribution < 1.29 is 18.7 Å². The minimum Gasteiger partial charge on any atom is -0.497 e. The molecule has 0 N–H and O–H groups in total. The standard InChI is InChI=1S/C37H40FN3O3/c1-43-34-15-7-30(8-16-34)37(31-9-17-35(44-2)18-10-31)19-4-20-39(27-37)26-28-5-3-6-29(25-28)36(42)41-23-21-40(22-24-41)33-13-11-32(38)12-14-33/h3,5-18,25H,4,19-24,26-27H2,1-2H3. The van der Waals surface area contributed by atoms with E-state index in [1.165, 1.54) is 23.3 Å². The molecule has 2 fully saturated rings. The quantitative estimate of drug-likeness (QED) is 0.237. The predicted octanol–water partition coefficient (Wildman–Crippen LogP) is 6.39. The summed E-state index contributed by atoms with van der Waals surface area (Å²) in [7, 11) is 3.40. The van der Waals surface area contributed by atoms with Crippen LogP contribution in [0.2, 0.25) is 0 Å².